The molecule has 0 radical (unpaired) electrons. The van der Waals surface area contributed by atoms with Crippen molar-refractivity contribution in [2.45, 2.75) is 477 Å². The first-order chi connectivity index (χ1) is 51.6. The molecular weight excluding hydrogens is 1420 g/mol. The van der Waals surface area contributed by atoms with Gasteiger partial charge in [-0.25, -0.2) is 4.79 Å². The molecule has 0 fully saturated rings. The number of hydrogen-bond acceptors (Lipinski definition) is 15. The zero-order chi connectivity index (χ0) is 77.8. The monoisotopic (exact) mass is 1590 g/mol. The molecule has 0 aromatic rings. The summed E-state index contributed by atoms with van der Waals surface area (Å²) in [5.41, 5.74) is 0. The quantitative estimate of drug-likeness (QED) is 0.0191. The van der Waals surface area contributed by atoms with Crippen molar-refractivity contribution in [1.29, 1.82) is 0 Å². The fourth-order valence-corrected chi connectivity index (χ4v) is 15.1. The van der Waals surface area contributed by atoms with Crippen LogP contribution in [0.1, 0.15) is 452 Å². The predicted octanol–water partition coefficient (Wildman–Crippen LogP) is 17.2. The van der Waals surface area contributed by atoms with Crippen molar-refractivity contribution in [2.75, 3.05) is 39.5 Å². The molecule has 108 heavy (non-hydrogen) atoms. The Kier molecular flexibility index (Phi) is 87.0. The fraction of sp³-hybridized carbons (Fsp3) is 0.941. The maximum atomic E-state index is 13.7. The maximum Gasteiger partial charge on any atom is 1.00 e. The van der Waals surface area contributed by atoms with Crippen LogP contribution in [0.25, 0.3) is 0 Å². The van der Waals surface area contributed by atoms with E-state index in [1.807, 2.05) is 0 Å². The second kappa shape index (κ2) is 84.3. The number of unbranched alkanes of at least 4 members (excludes halogenated alkanes) is 52. The average molecular weight is 1590 g/mol. The Bertz CT molecular complexity index is 1970. The Labute approximate surface area is 707 Å². The topological polar surface area (TPSA) is 269 Å². The minimum absolute atomic E-state index is 0. The Balaban J connectivity index is -0.0000551. The fourth-order valence-electron chi connectivity index (χ4n) is 13.7. The summed E-state index contributed by atoms with van der Waals surface area (Å²) in [6.45, 7) is 10.7. The summed E-state index contributed by atoms with van der Waals surface area (Å²) in [6.07, 6.45) is 64.2. The minimum atomic E-state index is -5.05. The molecule has 0 saturated heterocycles. The van der Waals surface area contributed by atoms with E-state index in [-0.39, 0.29) is 122 Å². The number of nitrogens with one attached hydrogen (secondary N) is 4. The van der Waals surface area contributed by atoms with Gasteiger partial charge in [-0.2, -0.15) is 0 Å². The van der Waals surface area contributed by atoms with Gasteiger partial charge in [0, 0.05) is 38.8 Å². The van der Waals surface area contributed by atoms with Gasteiger partial charge in [0.05, 0.1) is 38.5 Å². The van der Waals surface area contributed by atoms with Crippen LogP contribution in [0.4, 0.5) is 4.79 Å². The van der Waals surface area contributed by atoms with Crippen molar-refractivity contribution in [3.63, 3.8) is 0 Å². The van der Waals surface area contributed by atoms with Gasteiger partial charge in [0.1, 0.15) is 12.2 Å². The Morgan fingerprint density at radius 1 is 0.287 bits per heavy atom. The van der Waals surface area contributed by atoms with Crippen LogP contribution in [-0.2, 0) is 55.9 Å². The SMILES string of the molecule is CCCCCCCCCCCCCC(=O)NC(COP(=O)([O-])OCCNC(=O)NCCOP(=O)([O-])OCC(NC(=O)CCCCCCCCCCCCC)C(CCCCCCCCCCC)OC(=O)CCCCCCCCCCC)C(CCCCCCCCCCC)OC(=O)CCCCCCCCCCC.[Na+].[Na+]. The van der Waals surface area contributed by atoms with Crippen LogP contribution < -0.4 is 90.2 Å². The predicted molar refractivity (Wildman–Crippen MR) is 434 cm³/mol. The minimum Gasteiger partial charge on any atom is -0.756 e. The van der Waals surface area contributed by atoms with Gasteiger partial charge in [0.2, 0.25) is 11.8 Å². The molecule has 0 spiro atoms. The zero-order valence-electron chi connectivity index (χ0n) is 71.3. The number of carbonyl (C=O) groups excluding carboxylic acids is 5. The molecule has 0 aliphatic rings. The van der Waals surface area contributed by atoms with Gasteiger partial charge >= 0.3 is 77.1 Å². The third kappa shape index (κ3) is 77.9. The van der Waals surface area contributed by atoms with E-state index in [0.29, 0.717) is 51.4 Å². The molecule has 0 heterocycles. The summed E-state index contributed by atoms with van der Waals surface area (Å²) in [5, 5.41) is 11.0. The van der Waals surface area contributed by atoms with Crippen molar-refractivity contribution in [3.8, 4) is 0 Å². The van der Waals surface area contributed by atoms with E-state index in [0.717, 1.165) is 128 Å². The normalized spacial score (nSPS) is 13.6. The van der Waals surface area contributed by atoms with E-state index in [2.05, 4.69) is 62.8 Å². The van der Waals surface area contributed by atoms with E-state index in [1.165, 1.54) is 205 Å². The molecule has 19 nitrogen and oxygen atoms in total. The molecule has 6 atom stereocenters. The molecule has 0 aromatic heterocycles. The molecule has 628 valence electrons. The van der Waals surface area contributed by atoms with Crippen molar-refractivity contribution in [2.24, 2.45) is 0 Å². The zero-order valence-corrected chi connectivity index (χ0v) is 77.1. The summed E-state index contributed by atoms with van der Waals surface area (Å²) >= 11 is 0. The van der Waals surface area contributed by atoms with Crippen molar-refractivity contribution in [3.05, 3.63) is 0 Å². The van der Waals surface area contributed by atoms with Gasteiger partial charge in [-0.05, 0) is 51.4 Å². The molecule has 4 amide bonds. The second-order valence-corrected chi connectivity index (χ2v) is 33.5. The van der Waals surface area contributed by atoms with Gasteiger partial charge in [0.25, 0.3) is 15.6 Å². The molecule has 23 heteroatoms. The van der Waals surface area contributed by atoms with Crippen LogP contribution in [0.2, 0.25) is 0 Å². The first kappa shape index (κ1) is 112. The summed E-state index contributed by atoms with van der Waals surface area (Å²) in [5.74, 6) is -1.32. The smallest absolute Gasteiger partial charge is 0.756 e. The van der Waals surface area contributed by atoms with Crippen LogP contribution in [0, 0.1) is 0 Å². The second-order valence-electron chi connectivity index (χ2n) is 30.7. The van der Waals surface area contributed by atoms with E-state index < -0.39 is 72.4 Å². The summed E-state index contributed by atoms with van der Waals surface area (Å²) in [6, 6.07) is -2.71. The van der Waals surface area contributed by atoms with Crippen LogP contribution in [0.3, 0.4) is 0 Å². The summed E-state index contributed by atoms with van der Waals surface area (Å²) in [7, 11) is -10.1. The number of esters is 2. The van der Waals surface area contributed by atoms with Gasteiger partial charge in [0.15, 0.2) is 0 Å². The number of carbonyl (C=O) groups is 5. The van der Waals surface area contributed by atoms with E-state index >= 15 is 0 Å². The number of phosphoric ester groups is 2. The molecule has 0 rings (SSSR count). The first-order valence-electron chi connectivity index (χ1n) is 44.8. The van der Waals surface area contributed by atoms with Gasteiger partial charge in [-0.3, -0.25) is 28.3 Å². The molecule has 0 saturated carbocycles. The Morgan fingerprint density at radius 2 is 0.491 bits per heavy atom. The van der Waals surface area contributed by atoms with Gasteiger partial charge < -0.3 is 58.6 Å². The Morgan fingerprint density at radius 3 is 0.722 bits per heavy atom. The van der Waals surface area contributed by atoms with Crippen molar-refractivity contribution >= 4 is 45.4 Å². The third-order valence-electron chi connectivity index (χ3n) is 20.4. The maximum absolute atomic E-state index is 13.7. The number of urea groups is 1. The van der Waals surface area contributed by atoms with Gasteiger partial charge in [-0.1, -0.05) is 375 Å². The first-order valence-corrected chi connectivity index (χ1v) is 47.7. The average Bonchev–Trinajstić information content (AvgIpc) is 0.880. The summed E-state index contributed by atoms with van der Waals surface area (Å²) in [4.78, 5) is 94.2. The number of amides is 4. The van der Waals surface area contributed by atoms with Crippen LogP contribution in [0.5, 0.6) is 0 Å². The number of ether oxygens (including phenoxy) is 2. The molecule has 0 aliphatic carbocycles. The van der Waals surface area contributed by atoms with Crippen LogP contribution in [0.15, 0.2) is 0 Å². The standard InChI is InChI=1S/C85H168N4O15P2.2Na/c1-7-13-19-25-31-37-39-45-49-55-61-67-81(90)88-77(79(65-59-53-47-41-33-27-21-15-9-3)103-83(92)69-63-57-51-43-35-29-23-17-11-5)75-101-105(95,96)99-73-71-86-85(94)87-72-74-100-106(97,98)102-76-78(89-82(91)68-62-56-50-46-40-38-32-26-20-14-8-2)80(66-60-54-48-42-34-28-22-16-10-4)104-84(93)70-64-58-52-44-36-30-24-18-12-6;;/h77-80H,7-76H2,1-6H3,(H,88,90)(H,89,91)(H,95,96)(H,97,98)(H2,86,87,94);;/q;2*+1/p-2. The molecule has 0 bridgehead atoms. The molecular formula is C85H166N4Na2O15P2. The van der Waals surface area contributed by atoms with Crippen LogP contribution >= 0.6 is 15.6 Å². The van der Waals surface area contributed by atoms with Crippen molar-refractivity contribution < 1.29 is 130 Å². The van der Waals surface area contributed by atoms with E-state index in [9.17, 15) is 42.9 Å². The molecule has 0 aromatic carbocycles. The van der Waals surface area contributed by atoms with Crippen LogP contribution in [-0.4, -0.2) is 93.6 Å². The van der Waals surface area contributed by atoms with Crippen molar-refractivity contribution in [1.82, 2.24) is 21.3 Å². The third-order valence-corrected chi connectivity index (χ3v) is 22.4. The number of rotatable bonds is 84. The Hall–Kier alpha value is -0.630. The van der Waals surface area contributed by atoms with Gasteiger partial charge in [-0.15, -0.1) is 0 Å². The number of phosphoric acid groups is 2. The molecule has 4 N–H and O–H groups in total. The number of hydrogen-bond donors (Lipinski definition) is 4. The summed E-state index contributed by atoms with van der Waals surface area (Å²) < 4.78 is 60.4. The molecule has 6 unspecified atom stereocenters. The largest absolute Gasteiger partial charge is 1.00 e. The molecule has 0 aliphatic heterocycles. The van der Waals surface area contributed by atoms with E-state index in [1.54, 1.807) is 0 Å². The van der Waals surface area contributed by atoms with E-state index in [4.69, 9.17) is 27.6 Å².